The number of thioether (sulfide) groups is 1. The first kappa shape index (κ1) is 32.8. The average molecular weight is 718 g/mol. The van der Waals surface area contributed by atoms with Crippen LogP contribution in [0.15, 0.2) is 76.5 Å². The third-order valence-electron chi connectivity index (χ3n) is 7.98. The van der Waals surface area contributed by atoms with Crippen LogP contribution in [0.5, 0.6) is 0 Å². The fourth-order valence-corrected chi connectivity index (χ4v) is 6.70. The summed E-state index contributed by atoms with van der Waals surface area (Å²) in [5.41, 5.74) is 4.33. The summed E-state index contributed by atoms with van der Waals surface area (Å²) in [7, 11) is 0. The molecule has 4 aromatic rings. The van der Waals surface area contributed by atoms with Crippen LogP contribution >= 0.6 is 27.7 Å². The number of nitrogens with one attached hydrogen (secondary N) is 1. The van der Waals surface area contributed by atoms with Gasteiger partial charge in [0.25, 0.3) is 0 Å². The lowest BCUT2D eigenvalue weighted by Crippen LogP contribution is -2.47. The number of ether oxygens (including phenoxy) is 1. The van der Waals surface area contributed by atoms with Crippen molar-refractivity contribution in [3.8, 4) is 11.1 Å². The second kappa shape index (κ2) is 13.9. The second-order valence-electron chi connectivity index (χ2n) is 12.4. The number of nitrogens with zero attached hydrogens (tertiary/aromatic N) is 5. The molecular weight excluding hydrogens is 680 g/mol. The van der Waals surface area contributed by atoms with E-state index in [-0.39, 0.29) is 0 Å². The van der Waals surface area contributed by atoms with Crippen LogP contribution < -0.4 is 15.1 Å². The number of halogens is 1. The van der Waals surface area contributed by atoms with Crippen LogP contribution in [0, 0.1) is 0 Å². The van der Waals surface area contributed by atoms with Crippen molar-refractivity contribution in [2.75, 3.05) is 48.0 Å². The van der Waals surface area contributed by atoms with Crippen molar-refractivity contribution >= 4 is 68.0 Å². The van der Waals surface area contributed by atoms with Gasteiger partial charge in [0, 0.05) is 53.4 Å². The van der Waals surface area contributed by atoms with Crippen LogP contribution in [0.25, 0.3) is 22.0 Å². The molecule has 0 radical (unpaired) electrons. The maximum Gasteiger partial charge on any atom is 0.408 e. The van der Waals surface area contributed by atoms with Gasteiger partial charge in [-0.3, -0.25) is 0 Å². The molecule has 0 bridgehead atoms. The van der Waals surface area contributed by atoms with Gasteiger partial charge in [-0.1, -0.05) is 51.4 Å². The van der Waals surface area contributed by atoms with Gasteiger partial charge in [-0.2, -0.15) is 11.8 Å². The minimum Gasteiger partial charge on any atom is -0.444 e. The number of anilines is 2. The van der Waals surface area contributed by atoms with Crippen LogP contribution in [0.4, 0.5) is 16.4 Å². The number of hydrogen-bond donors (Lipinski definition) is 1. The highest BCUT2D eigenvalue weighted by atomic mass is 79.9. The Hall–Kier alpha value is -4.16. The highest BCUT2D eigenvalue weighted by Crippen LogP contribution is 2.46. The number of alkyl carbamates (subject to hydrolysis) is 1. The third kappa shape index (κ3) is 7.23. The monoisotopic (exact) mass is 716 g/mol. The maximum absolute atomic E-state index is 13.5. The Morgan fingerprint density at radius 3 is 2.43 bits per heavy atom. The molecule has 2 aromatic heterocycles. The summed E-state index contributed by atoms with van der Waals surface area (Å²) < 4.78 is 6.35. The van der Waals surface area contributed by atoms with Crippen LogP contribution in [0.2, 0.25) is 0 Å². The van der Waals surface area contributed by atoms with Crippen LogP contribution in [-0.2, 0) is 14.4 Å². The van der Waals surface area contributed by atoms with E-state index in [1.807, 2.05) is 61.0 Å². The smallest absolute Gasteiger partial charge is 0.408 e. The molecule has 1 unspecified atom stereocenters. The van der Waals surface area contributed by atoms with Gasteiger partial charge < -0.3 is 24.7 Å². The zero-order chi connectivity index (χ0) is 33.1. The minimum atomic E-state index is -0.928. The van der Waals surface area contributed by atoms with E-state index in [1.165, 1.54) is 0 Å². The first-order valence-corrected chi connectivity index (χ1v) is 17.7. The molecule has 2 aliphatic rings. The zero-order valence-corrected chi connectivity index (χ0v) is 29.2. The van der Waals surface area contributed by atoms with E-state index in [0.29, 0.717) is 17.9 Å². The maximum atomic E-state index is 13.5. The molecule has 0 saturated carbocycles. The molecule has 1 atom stereocenters. The van der Waals surface area contributed by atoms with Gasteiger partial charge in [-0.05, 0) is 75.1 Å². The fraction of sp³-hybridized carbons (Fsp3) is 0.343. The van der Waals surface area contributed by atoms with E-state index >= 15 is 0 Å². The van der Waals surface area contributed by atoms with Gasteiger partial charge in [0.1, 0.15) is 29.0 Å². The number of aromatic nitrogens is 2. The summed E-state index contributed by atoms with van der Waals surface area (Å²) in [6, 6.07) is 19.1. The van der Waals surface area contributed by atoms with Crippen molar-refractivity contribution in [1.82, 2.24) is 15.3 Å². The minimum absolute atomic E-state index is 0.364. The number of pyridine rings is 2. The number of piperazine rings is 1. The standard InChI is InChI=1S/C35H37BrN6O4S/c1-35(2,3)45-34(44)39-27(14-20-47-4)33(43)46-40-31-24-10-6-5-9-23(24)29-25-21-22(36)12-13-26(25)38-32(30(29)31)42-18-16-41(17-19-42)28-11-7-8-15-37-28/h5-13,15,21,27H,14,16-20H2,1-4H3,(H,39,44)/b40-31+. The van der Waals surface area contributed by atoms with Crippen molar-refractivity contribution in [1.29, 1.82) is 0 Å². The molecule has 244 valence electrons. The Morgan fingerprint density at radius 2 is 1.72 bits per heavy atom. The van der Waals surface area contributed by atoms with Crippen molar-refractivity contribution in [2.24, 2.45) is 5.16 Å². The Kier molecular flexibility index (Phi) is 9.70. The van der Waals surface area contributed by atoms with E-state index in [1.54, 1.807) is 32.5 Å². The largest absolute Gasteiger partial charge is 0.444 e. The molecule has 3 heterocycles. The number of carbonyl (C=O) groups excluding carboxylic acids is 2. The van der Waals surface area contributed by atoms with E-state index in [0.717, 1.165) is 75.4 Å². The van der Waals surface area contributed by atoms with Crippen LogP contribution in [-0.4, -0.2) is 77.6 Å². The Labute approximate surface area is 287 Å². The molecule has 2 aromatic carbocycles. The van der Waals surface area contributed by atoms with E-state index < -0.39 is 23.7 Å². The first-order chi connectivity index (χ1) is 22.6. The third-order valence-corrected chi connectivity index (χ3v) is 9.12. The SMILES string of the molecule is CSCCC(NC(=O)OC(C)(C)C)C(=O)O/N=C1\c2ccccc2-c2c1c(N1CCN(c3ccccn3)CC1)nc1ccc(Br)cc21. The molecule has 10 nitrogen and oxygen atoms in total. The first-order valence-electron chi connectivity index (χ1n) is 15.5. The van der Waals surface area contributed by atoms with Crippen molar-refractivity contribution in [3.05, 3.63) is 82.5 Å². The van der Waals surface area contributed by atoms with Gasteiger partial charge in [0.15, 0.2) is 0 Å². The summed E-state index contributed by atoms with van der Waals surface area (Å²) in [6.45, 7) is 8.30. The molecule has 0 spiro atoms. The van der Waals surface area contributed by atoms with E-state index in [4.69, 9.17) is 14.6 Å². The van der Waals surface area contributed by atoms with Crippen LogP contribution in [0.1, 0.15) is 38.3 Å². The van der Waals surface area contributed by atoms with Gasteiger partial charge in [-0.15, -0.1) is 0 Å². The van der Waals surface area contributed by atoms with E-state index in [2.05, 4.69) is 53.3 Å². The van der Waals surface area contributed by atoms with Crippen molar-refractivity contribution in [3.63, 3.8) is 0 Å². The predicted octanol–water partition coefficient (Wildman–Crippen LogP) is 6.64. The normalized spacial score (nSPS) is 15.7. The average Bonchev–Trinajstić information content (AvgIpc) is 3.39. The summed E-state index contributed by atoms with van der Waals surface area (Å²) in [5.74, 6) is 1.71. The molecule has 6 rings (SSSR count). The number of oxime groups is 1. The molecule has 1 aliphatic carbocycles. The summed E-state index contributed by atoms with van der Waals surface area (Å²) in [4.78, 5) is 46.0. The number of benzene rings is 2. The molecule has 1 N–H and O–H groups in total. The van der Waals surface area contributed by atoms with Gasteiger partial charge in [0.05, 0.1) is 11.1 Å². The number of hydrogen-bond acceptors (Lipinski definition) is 10. The number of rotatable bonds is 8. The number of fused-ring (bicyclic) bond motifs is 5. The summed E-state index contributed by atoms with van der Waals surface area (Å²) in [6.07, 6.45) is 3.44. The Morgan fingerprint density at radius 1 is 1.00 bits per heavy atom. The van der Waals surface area contributed by atoms with Gasteiger partial charge in [-0.25, -0.2) is 19.6 Å². The zero-order valence-electron chi connectivity index (χ0n) is 26.8. The number of amides is 1. The topological polar surface area (TPSA) is 109 Å². The molecule has 12 heteroatoms. The molecule has 1 saturated heterocycles. The molecule has 1 amide bonds. The highest BCUT2D eigenvalue weighted by Gasteiger charge is 2.35. The lowest BCUT2D eigenvalue weighted by atomic mass is 10.0. The van der Waals surface area contributed by atoms with Gasteiger partial charge in [0.2, 0.25) is 0 Å². The van der Waals surface area contributed by atoms with E-state index in [9.17, 15) is 9.59 Å². The second-order valence-corrected chi connectivity index (χ2v) is 14.3. The molecule has 1 fully saturated rings. The highest BCUT2D eigenvalue weighted by molar-refractivity contribution is 9.10. The fourth-order valence-electron chi connectivity index (χ4n) is 5.87. The lowest BCUT2D eigenvalue weighted by Gasteiger charge is -2.37. The molecular formula is C35H37BrN6O4S. The van der Waals surface area contributed by atoms with Crippen LogP contribution in [0.3, 0.4) is 0 Å². The van der Waals surface area contributed by atoms with Gasteiger partial charge >= 0.3 is 12.1 Å². The van der Waals surface area contributed by atoms with Crippen molar-refractivity contribution < 1.29 is 19.2 Å². The molecule has 47 heavy (non-hydrogen) atoms. The molecule has 1 aliphatic heterocycles. The Balaban J connectivity index is 1.38. The van der Waals surface area contributed by atoms with Crippen molar-refractivity contribution in [2.45, 2.75) is 38.8 Å². The Bertz CT molecular complexity index is 1820. The summed E-state index contributed by atoms with van der Waals surface area (Å²) >= 11 is 5.22. The predicted molar refractivity (Wildman–Crippen MR) is 191 cm³/mol. The summed E-state index contributed by atoms with van der Waals surface area (Å²) in [5, 5.41) is 8.18. The lowest BCUT2D eigenvalue weighted by molar-refractivity contribution is -0.146. The quantitative estimate of drug-likeness (QED) is 0.140. The number of carbonyl (C=O) groups is 2.